The molecule has 0 aromatic heterocycles. The van der Waals surface area contributed by atoms with E-state index < -0.39 is 20.0 Å². The van der Waals surface area contributed by atoms with Crippen molar-refractivity contribution in [2.24, 2.45) is 0 Å². The molecule has 0 rings (SSSR count). The van der Waals surface area contributed by atoms with E-state index in [0.29, 0.717) is 17.4 Å². The highest BCUT2D eigenvalue weighted by molar-refractivity contribution is 7.47. The Kier molecular flexibility index (Phi) is 52.6. The molecule has 0 aliphatic heterocycles. The molecule has 0 saturated heterocycles. The number of likely N-dealkylation sites (N-methyl/N-ethyl adjacent to an activating group) is 1. The van der Waals surface area contributed by atoms with Crippen molar-refractivity contribution in [1.82, 2.24) is 5.32 Å². The number of aliphatic hydroxyl groups is 1. The Balaban J connectivity index is 3.98. The van der Waals surface area contributed by atoms with Gasteiger partial charge in [-0.2, -0.15) is 0 Å². The lowest BCUT2D eigenvalue weighted by Gasteiger charge is -2.25. The minimum absolute atomic E-state index is 0.0628. The first-order chi connectivity index (χ1) is 34.5. The number of amides is 1. The third kappa shape index (κ3) is 56.3. The van der Waals surface area contributed by atoms with Gasteiger partial charge in [0.15, 0.2) is 0 Å². The third-order valence-corrected chi connectivity index (χ3v) is 15.1. The lowest BCUT2D eigenvalue weighted by molar-refractivity contribution is -0.870. The number of rotatable bonds is 57. The number of allylic oxidation sites excluding steroid dienone is 5. The highest BCUT2D eigenvalue weighted by Crippen LogP contribution is 2.43. The molecule has 0 aromatic carbocycles. The molecule has 1 amide bonds. The standard InChI is InChI=1S/C62H121N2O6P/c1-6-8-10-12-14-16-18-20-22-23-24-25-26-27-28-29-30-31-32-33-34-35-36-37-38-39-40-41-42-44-46-48-50-52-54-56-62(66)63-60(59-70-71(67,68)69-58-57-64(3,4)5)61(65)55-53-51-49-47-45-43-21-19-17-15-13-11-9-7-2/h26-27,29-30,53,55,60-61,65H,6-25,28,31-52,54,56-59H2,1-5H3,(H-,63,66,67,68)/p+1/b27-26-,30-29-,55-53+. The van der Waals surface area contributed by atoms with E-state index in [2.05, 4.69) is 43.5 Å². The van der Waals surface area contributed by atoms with Gasteiger partial charge in [-0.05, 0) is 51.4 Å². The number of carbonyl (C=O) groups excluding carboxylic acids is 1. The molecular weight excluding hydrogens is 900 g/mol. The maximum atomic E-state index is 13.0. The predicted octanol–water partition coefficient (Wildman–Crippen LogP) is 18.9. The molecule has 0 spiro atoms. The van der Waals surface area contributed by atoms with Gasteiger partial charge in [-0.3, -0.25) is 13.8 Å². The van der Waals surface area contributed by atoms with Gasteiger partial charge >= 0.3 is 7.82 Å². The molecule has 0 saturated carbocycles. The van der Waals surface area contributed by atoms with Crippen molar-refractivity contribution in [3.8, 4) is 0 Å². The van der Waals surface area contributed by atoms with Crippen LogP contribution in [-0.2, 0) is 18.4 Å². The fraction of sp³-hybridized carbons (Fsp3) is 0.887. The lowest BCUT2D eigenvalue weighted by Crippen LogP contribution is -2.45. The maximum absolute atomic E-state index is 13.0. The summed E-state index contributed by atoms with van der Waals surface area (Å²) >= 11 is 0. The van der Waals surface area contributed by atoms with Crippen molar-refractivity contribution in [1.29, 1.82) is 0 Å². The van der Waals surface area contributed by atoms with Gasteiger partial charge in [-0.15, -0.1) is 0 Å². The minimum atomic E-state index is -4.34. The van der Waals surface area contributed by atoms with Crippen LogP contribution >= 0.6 is 7.82 Å². The third-order valence-electron chi connectivity index (χ3n) is 14.1. The fourth-order valence-corrected chi connectivity index (χ4v) is 9.99. The summed E-state index contributed by atoms with van der Waals surface area (Å²) in [5, 5.41) is 13.9. The number of unbranched alkanes of at least 4 members (excludes halogenated alkanes) is 40. The van der Waals surface area contributed by atoms with Crippen molar-refractivity contribution < 1.29 is 32.9 Å². The van der Waals surface area contributed by atoms with E-state index in [4.69, 9.17) is 9.05 Å². The molecule has 0 fully saturated rings. The van der Waals surface area contributed by atoms with Gasteiger partial charge in [0.1, 0.15) is 13.2 Å². The van der Waals surface area contributed by atoms with Gasteiger partial charge < -0.3 is 19.8 Å². The van der Waals surface area contributed by atoms with Crippen LogP contribution in [0.1, 0.15) is 303 Å². The monoisotopic (exact) mass is 1020 g/mol. The van der Waals surface area contributed by atoms with E-state index in [1.165, 1.54) is 238 Å². The Morgan fingerprint density at radius 3 is 1.15 bits per heavy atom. The topological polar surface area (TPSA) is 105 Å². The van der Waals surface area contributed by atoms with Gasteiger partial charge in [-0.1, -0.05) is 281 Å². The number of nitrogens with one attached hydrogen (secondary N) is 1. The second-order valence-corrected chi connectivity index (χ2v) is 23.9. The van der Waals surface area contributed by atoms with E-state index in [-0.39, 0.29) is 19.1 Å². The number of phosphoric acid groups is 1. The summed E-state index contributed by atoms with van der Waals surface area (Å²) < 4.78 is 23.7. The van der Waals surface area contributed by atoms with E-state index in [9.17, 15) is 19.4 Å². The molecule has 3 atom stereocenters. The first kappa shape index (κ1) is 69.7. The quantitative estimate of drug-likeness (QED) is 0.0243. The second-order valence-electron chi connectivity index (χ2n) is 22.4. The number of carbonyl (C=O) groups is 1. The van der Waals surface area contributed by atoms with Crippen molar-refractivity contribution >= 4 is 13.7 Å². The molecule has 71 heavy (non-hydrogen) atoms. The van der Waals surface area contributed by atoms with Crippen LogP contribution in [0.25, 0.3) is 0 Å². The average Bonchev–Trinajstić information content (AvgIpc) is 3.33. The van der Waals surface area contributed by atoms with Gasteiger partial charge in [0.25, 0.3) is 0 Å². The van der Waals surface area contributed by atoms with Crippen molar-refractivity contribution in [3.63, 3.8) is 0 Å². The van der Waals surface area contributed by atoms with Crippen LogP contribution in [0.5, 0.6) is 0 Å². The number of nitrogens with zero attached hydrogens (tertiary/aromatic N) is 1. The van der Waals surface area contributed by atoms with E-state index in [0.717, 1.165) is 44.9 Å². The van der Waals surface area contributed by atoms with Gasteiger partial charge in [0, 0.05) is 6.42 Å². The maximum Gasteiger partial charge on any atom is 0.472 e. The molecule has 0 aliphatic rings. The normalized spacial score (nSPS) is 14.1. The summed E-state index contributed by atoms with van der Waals surface area (Å²) in [4.78, 5) is 23.3. The van der Waals surface area contributed by atoms with Crippen molar-refractivity contribution in [2.75, 3.05) is 40.9 Å². The Hall–Kier alpha value is -1.28. The van der Waals surface area contributed by atoms with Crippen LogP contribution in [0.15, 0.2) is 36.5 Å². The summed E-state index contributed by atoms with van der Waals surface area (Å²) in [6, 6.07) is -0.845. The fourth-order valence-electron chi connectivity index (χ4n) is 9.25. The Labute approximate surface area is 442 Å². The molecule has 0 radical (unpaired) electrons. The second kappa shape index (κ2) is 53.5. The van der Waals surface area contributed by atoms with Crippen LogP contribution in [0.4, 0.5) is 0 Å². The molecule has 420 valence electrons. The zero-order valence-electron chi connectivity index (χ0n) is 48.0. The molecule has 3 N–H and O–H groups in total. The molecule has 0 bridgehead atoms. The lowest BCUT2D eigenvalue weighted by atomic mass is 10.0. The van der Waals surface area contributed by atoms with Crippen molar-refractivity contribution in [3.05, 3.63) is 36.5 Å². The van der Waals surface area contributed by atoms with Gasteiger partial charge in [-0.25, -0.2) is 4.57 Å². The molecule has 0 heterocycles. The van der Waals surface area contributed by atoms with E-state index in [1.54, 1.807) is 6.08 Å². The minimum Gasteiger partial charge on any atom is -0.387 e. The van der Waals surface area contributed by atoms with Crippen LogP contribution in [0.3, 0.4) is 0 Å². The molecular formula is C62H122N2O6P+. The first-order valence-electron chi connectivity index (χ1n) is 30.9. The average molecular weight is 1020 g/mol. The SMILES string of the molecule is CCCCCCCCCCCCC/C=C\C/C=C\CCCCCCCCCCCCCCCCCCCC(=O)NC(COP(=O)(O)OCC[N+](C)(C)C)C(O)/C=C/CCCCCCCCCCCCCC. The molecule has 0 aliphatic carbocycles. The zero-order chi connectivity index (χ0) is 52.0. The summed E-state index contributed by atoms with van der Waals surface area (Å²) in [6.45, 7) is 4.84. The number of hydrogen-bond donors (Lipinski definition) is 3. The summed E-state index contributed by atoms with van der Waals surface area (Å²) in [6.07, 6.45) is 69.8. The number of quaternary nitrogens is 1. The van der Waals surface area contributed by atoms with Gasteiger partial charge in [0.05, 0.1) is 39.9 Å². The molecule has 9 heteroatoms. The van der Waals surface area contributed by atoms with E-state index in [1.807, 2.05) is 27.2 Å². The van der Waals surface area contributed by atoms with Gasteiger partial charge in [0.2, 0.25) is 5.91 Å². The van der Waals surface area contributed by atoms with E-state index >= 15 is 0 Å². The molecule has 0 aromatic rings. The Bertz CT molecular complexity index is 1250. The number of hydrogen-bond acceptors (Lipinski definition) is 5. The summed E-state index contributed by atoms with van der Waals surface area (Å²) in [5.41, 5.74) is 0. The van der Waals surface area contributed by atoms with Crippen LogP contribution < -0.4 is 5.32 Å². The van der Waals surface area contributed by atoms with Crippen LogP contribution in [-0.4, -0.2) is 73.4 Å². The molecule has 3 unspecified atom stereocenters. The van der Waals surface area contributed by atoms with Crippen LogP contribution in [0, 0.1) is 0 Å². The Morgan fingerprint density at radius 2 is 0.803 bits per heavy atom. The largest absolute Gasteiger partial charge is 0.472 e. The molecule has 8 nitrogen and oxygen atoms in total. The summed E-state index contributed by atoms with van der Waals surface area (Å²) in [7, 11) is 1.58. The smallest absolute Gasteiger partial charge is 0.387 e. The zero-order valence-corrected chi connectivity index (χ0v) is 48.9. The number of phosphoric ester groups is 1. The predicted molar refractivity (Wildman–Crippen MR) is 309 cm³/mol. The Morgan fingerprint density at radius 1 is 0.479 bits per heavy atom. The van der Waals surface area contributed by atoms with Crippen molar-refractivity contribution in [2.45, 2.75) is 315 Å². The summed E-state index contributed by atoms with van der Waals surface area (Å²) in [5.74, 6) is -0.173. The highest BCUT2D eigenvalue weighted by Gasteiger charge is 2.27. The van der Waals surface area contributed by atoms with Crippen LogP contribution in [0.2, 0.25) is 0 Å². The number of aliphatic hydroxyl groups excluding tert-OH is 1. The first-order valence-corrected chi connectivity index (χ1v) is 32.4. The highest BCUT2D eigenvalue weighted by atomic mass is 31.2.